The maximum absolute atomic E-state index is 13.3. The Morgan fingerprint density at radius 1 is 1.23 bits per heavy atom. The van der Waals surface area contributed by atoms with Gasteiger partial charge in [-0.1, -0.05) is 48.2 Å². The number of amides is 2. The summed E-state index contributed by atoms with van der Waals surface area (Å²) in [6.45, 7) is 0.859. The summed E-state index contributed by atoms with van der Waals surface area (Å²) in [5.41, 5.74) is 1.62. The van der Waals surface area contributed by atoms with Crippen molar-refractivity contribution < 1.29 is 19.1 Å². The number of nitrogens with one attached hydrogen (secondary N) is 1. The topological polar surface area (TPSA) is 69.6 Å². The van der Waals surface area contributed by atoms with Crippen molar-refractivity contribution in [2.75, 3.05) is 13.1 Å². The second-order valence-electron chi connectivity index (χ2n) is 6.76. The number of benzene rings is 2. The largest absolute Gasteiger partial charge is 0.508 e. The molecule has 0 aliphatic carbocycles. The molecule has 2 aromatic rings. The van der Waals surface area contributed by atoms with Crippen molar-refractivity contribution >= 4 is 46.2 Å². The highest BCUT2D eigenvalue weighted by Gasteiger charge is 2.31. The van der Waals surface area contributed by atoms with Crippen LogP contribution < -0.4 is 5.32 Å². The highest BCUT2D eigenvalue weighted by Crippen LogP contribution is 2.32. The Balaban J connectivity index is 1.42. The number of aromatic hydroxyl groups is 1. The van der Waals surface area contributed by atoms with Gasteiger partial charge in [-0.15, -0.1) is 0 Å². The van der Waals surface area contributed by atoms with Gasteiger partial charge < -0.3 is 10.4 Å². The lowest BCUT2D eigenvalue weighted by atomic mass is 10.1. The van der Waals surface area contributed by atoms with E-state index in [9.17, 15) is 19.1 Å². The van der Waals surface area contributed by atoms with E-state index in [2.05, 4.69) is 5.32 Å². The van der Waals surface area contributed by atoms with Gasteiger partial charge in [-0.3, -0.25) is 14.5 Å². The third-order valence-electron chi connectivity index (χ3n) is 4.48. The van der Waals surface area contributed by atoms with Crippen molar-refractivity contribution in [2.45, 2.75) is 19.3 Å². The maximum atomic E-state index is 13.3. The molecule has 2 amide bonds. The average Bonchev–Trinajstić information content (AvgIpc) is 2.97. The lowest BCUT2D eigenvalue weighted by Crippen LogP contribution is -2.31. The monoisotopic (exact) mass is 444 g/mol. The minimum Gasteiger partial charge on any atom is -0.508 e. The Kier molecular flexibility index (Phi) is 7.59. The molecule has 0 radical (unpaired) electrons. The number of thiocarbonyl (C=S) groups is 1. The van der Waals surface area contributed by atoms with E-state index in [0.717, 1.165) is 5.56 Å². The van der Waals surface area contributed by atoms with E-state index in [4.69, 9.17) is 12.2 Å². The molecule has 8 heteroatoms. The molecule has 3 rings (SSSR count). The quantitative estimate of drug-likeness (QED) is 0.478. The summed E-state index contributed by atoms with van der Waals surface area (Å²) in [4.78, 5) is 26.5. The molecule has 1 aliphatic heterocycles. The van der Waals surface area contributed by atoms with Crippen LogP contribution in [0.5, 0.6) is 5.75 Å². The van der Waals surface area contributed by atoms with Crippen molar-refractivity contribution in [1.82, 2.24) is 10.2 Å². The van der Waals surface area contributed by atoms with Gasteiger partial charge in [0.05, 0.1) is 4.91 Å². The zero-order chi connectivity index (χ0) is 21.5. The van der Waals surface area contributed by atoms with E-state index in [1.54, 1.807) is 30.3 Å². The number of thioether (sulfide) groups is 1. The van der Waals surface area contributed by atoms with Crippen LogP contribution in [0.15, 0.2) is 53.4 Å². The summed E-state index contributed by atoms with van der Waals surface area (Å²) >= 11 is 6.47. The van der Waals surface area contributed by atoms with Gasteiger partial charge in [0, 0.05) is 19.5 Å². The number of phenols is 1. The van der Waals surface area contributed by atoms with E-state index >= 15 is 0 Å². The molecule has 156 valence electrons. The lowest BCUT2D eigenvalue weighted by molar-refractivity contribution is -0.123. The van der Waals surface area contributed by atoms with E-state index in [1.165, 1.54) is 28.8 Å². The second kappa shape index (κ2) is 10.4. The molecule has 30 heavy (non-hydrogen) atoms. The van der Waals surface area contributed by atoms with E-state index in [0.29, 0.717) is 40.7 Å². The standard InChI is InChI=1S/C22H21FN2O3S2/c23-17-4-1-3-16(13-17)14-19-21(28)25(22(29)30-19)12-2-5-20(27)24-11-10-15-6-8-18(26)9-7-15/h1,3-4,6-9,13-14,26H,2,5,10-12H2,(H,24,27)/b19-14-. The zero-order valence-electron chi connectivity index (χ0n) is 16.1. The molecule has 0 unspecified atom stereocenters. The molecule has 0 spiro atoms. The lowest BCUT2D eigenvalue weighted by Gasteiger charge is -2.14. The molecule has 1 aliphatic rings. The van der Waals surface area contributed by atoms with Crippen molar-refractivity contribution in [3.8, 4) is 5.75 Å². The molecule has 0 bridgehead atoms. The molecule has 2 N–H and O–H groups in total. The number of halogens is 1. The number of nitrogens with zero attached hydrogens (tertiary/aromatic N) is 1. The van der Waals surface area contributed by atoms with Crippen LogP contribution in [0.1, 0.15) is 24.0 Å². The van der Waals surface area contributed by atoms with Crippen LogP contribution in [0.2, 0.25) is 0 Å². The van der Waals surface area contributed by atoms with Gasteiger partial charge in [0.2, 0.25) is 5.91 Å². The maximum Gasteiger partial charge on any atom is 0.266 e. The predicted molar refractivity (Wildman–Crippen MR) is 120 cm³/mol. The number of hydrogen-bond acceptors (Lipinski definition) is 5. The van der Waals surface area contributed by atoms with Gasteiger partial charge in [-0.2, -0.15) is 0 Å². The van der Waals surface area contributed by atoms with Gasteiger partial charge in [0.1, 0.15) is 15.9 Å². The van der Waals surface area contributed by atoms with Gasteiger partial charge in [-0.05, 0) is 54.3 Å². The average molecular weight is 445 g/mol. The van der Waals surface area contributed by atoms with E-state index in [1.807, 2.05) is 12.1 Å². The number of carbonyl (C=O) groups is 2. The van der Waals surface area contributed by atoms with Crippen molar-refractivity contribution in [2.24, 2.45) is 0 Å². The molecule has 5 nitrogen and oxygen atoms in total. The molecule has 0 aromatic heterocycles. The summed E-state index contributed by atoms with van der Waals surface area (Å²) in [6, 6.07) is 12.9. The molecule has 2 aromatic carbocycles. The number of phenolic OH excluding ortho intramolecular Hbond substituents is 1. The fraction of sp³-hybridized carbons (Fsp3) is 0.227. The molecular weight excluding hydrogens is 423 g/mol. The van der Waals surface area contributed by atoms with Crippen molar-refractivity contribution in [1.29, 1.82) is 0 Å². The molecule has 0 atom stereocenters. The molecule has 1 fully saturated rings. The van der Waals surface area contributed by atoms with Crippen LogP contribution in [0.3, 0.4) is 0 Å². The number of carbonyl (C=O) groups excluding carboxylic acids is 2. The molecule has 0 saturated carbocycles. The minimum atomic E-state index is -0.365. The fourth-order valence-corrected chi connectivity index (χ4v) is 4.24. The van der Waals surface area contributed by atoms with Gasteiger partial charge >= 0.3 is 0 Å². The zero-order valence-corrected chi connectivity index (χ0v) is 17.8. The van der Waals surface area contributed by atoms with Crippen LogP contribution >= 0.6 is 24.0 Å². The van der Waals surface area contributed by atoms with Crippen molar-refractivity contribution in [3.05, 3.63) is 70.4 Å². The predicted octanol–water partition coefficient (Wildman–Crippen LogP) is 3.87. The minimum absolute atomic E-state index is 0.0884. The van der Waals surface area contributed by atoms with Crippen LogP contribution in [-0.2, 0) is 16.0 Å². The van der Waals surface area contributed by atoms with Crippen LogP contribution in [-0.4, -0.2) is 39.2 Å². The first kappa shape index (κ1) is 22.0. The Morgan fingerprint density at radius 2 is 2.00 bits per heavy atom. The molecule has 1 saturated heterocycles. The van der Waals surface area contributed by atoms with Gasteiger partial charge in [-0.25, -0.2) is 4.39 Å². The Hall–Kier alpha value is -2.71. The Bertz CT molecular complexity index is 977. The third-order valence-corrected chi connectivity index (χ3v) is 5.86. The first-order valence-electron chi connectivity index (χ1n) is 9.48. The van der Waals surface area contributed by atoms with Crippen LogP contribution in [0, 0.1) is 5.82 Å². The van der Waals surface area contributed by atoms with Gasteiger partial charge in [0.15, 0.2) is 0 Å². The smallest absolute Gasteiger partial charge is 0.266 e. The third kappa shape index (κ3) is 6.14. The SMILES string of the molecule is O=C(CCCN1C(=O)/C(=C/c2cccc(F)c2)SC1=S)NCCc1ccc(O)cc1. The summed E-state index contributed by atoms with van der Waals surface area (Å²) in [6.07, 6.45) is 3.07. The second-order valence-corrected chi connectivity index (χ2v) is 8.43. The molecule has 1 heterocycles. The van der Waals surface area contributed by atoms with Crippen molar-refractivity contribution in [3.63, 3.8) is 0 Å². The first-order chi connectivity index (χ1) is 14.4. The highest BCUT2D eigenvalue weighted by molar-refractivity contribution is 8.26. The number of rotatable bonds is 8. The van der Waals surface area contributed by atoms with Gasteiger partial charge in [0.25, 0.3) is 5.91 Å². The normalized spacial score (nSPS) is 15.1. The summed E-state index contributed by atoms with van der Waals surface area (Å²) < 4.78 is 13.8. The molecular formula is C22H21FN2O3S2. The number of hydrogen-bond donors (Lipinski definition) is 2. The fourth-order valence-electron chi connectivity index (χ4n) is 2.94. The Morgan fingerprint density at radius 3 is 2.73 bits per heavy atom. The summed E-state index contributed by atoms with van der Waals surface area (Å²) in [5, 5.41) is 12.1. The van der Waals surface area contributed by atoms with E-state index in [-0.39, 0.29) is 29.8 Å². The summed E-state index contributed by atoms with van der Waals surface area (Å²) in [7, 11) is 0. The summed E-state index contributed by atoms with van der Waals surface area (Å²) in [5.74, 6) is -0.462. The Labute approximate surface area is 184 Å². The first-order valence-corrected chi connectivity index (χ1v) is 10.7. The highest BCUT2D eigenvalue weighted by atomic mass is 32.2. The van der Waals surface area contributed by atoms with Crippen LogP contribution in [0.4, 0.5) is 4.39 Å². The van der Waals surface area contributed by atoms with Crippen LogP contribution in [0.25, 0.3) is 6.08 Å². The van der Waals surface area contributed by atoms with E-state index < -0.39 is 0 Å².